The average Bonchev–Trinajstić information content (AvgIpc) is 2.97. The molecule has 0 aromatic heterocycles. The van der Waals surface area contributed by atoms with E-state index in [2.05, 4.69) is 19.2 Å². The Labute approximate surface area is 264 Å². The van der Waals surface area contributed by atoms with Crippen molar-refractivity contribution in [2.45, 2.75) is 186 Å². The van der Waals surface area contributed by atoms with Crippen molar-refractivity contribution in [1.82, 2.24) is 5.32 Å². The molecule has 0 saturated carbocycles. The largest absolute Gasteiger partial charge is 0.472 e. The van der Waals surface area contributed by atoms with Crippen LogP contribution in [-0.4, -0.2) is 59.0 Å². The van der Waals surface area contributed by atoms with Crippen LogP contribution >= 0.6 is 7.82 Å². The minimum Gasteiger partial charge on any atom is -0.393 e. The third-order valence-electron chi connectivity index (χ3n) is 8.02. The fourth-order valence-corrected chi connectivity index (χ4v) is 6.06. The van der Waals surface area contributed by atoms with Crippen LogP contribution in [0.3, 0.4) is 0 Å². The van der Waals surface area contributed by atoms with Crippen LogP contribution in [0.2, 0.25) is 0 Å². The molecule has 4 atom stereocenters. The first kappa shape index (κ1) is 42.5. The second-order valence-corrected chi connectivity index (χ2v) is 13.7. The molecule has 0 aliphatic carbocycles. The molecule has 4 unspecified atom stereocenters. The van der Waals surface area contributed by atoms with Crippen molar-refractivity contribution < 1.29 is 33.5 Å². The molecule has 0 heterocycles. The van der Waals surface area contributed by atoms with Gasteiger partial charge < -0.3 is 26.2 Å². The van der Waals surface area contributed by atoms with Gasteiger partial charge in [-0.15, -0.1) is 0 Å². The summed E-state index contributed by atoms with van der Waals surface area (Å²) in [5.74, 6) is -0.417. The van der Waals surface area contributed by atoms with Crippen molar-refractivity contribution >= 4 is 13.7 Å². The normalized spacial score (nSPS) is 15.2. The van der Waals surface area contributed by atoms with Crippen LogP contribution in [0.15, 0.2) is 0 Å². The average molecular weight is 637 g/mol. The number of phosphoric ester groups is 1. The van der Waals surface area contributed by atoms with Gasteiger partial charge in [-0.1, -0.05) is 149 Å². The lowest BCUT2D eigenvalue weighted by Gasteiger charge is -2.25. The molecular formula is C33H69N2O7P. The zero-order chi connectivity index (χ0) is 32.0. The predicted octanol–water partition coefficient (Wildman–Crippen LogP) is 7.69. The number of hydrogen-bond donors (Lipinski definition) is 5. The first-order chi connectivity index (χ1) is 20.8. The Kier molecular flexibility index (Phi) is 29.8. The number of hydrogen-bond acceptors (Lipinski definition) is 7. The first-order valence-electron chi connectivity index (χ1n) is 17.7. The fraction of sp³-hybridized carbons (Fsp3) is 0.970. The summed E-state index contributed by atoms with van der Waals surface area (Å²) in [6, 6.07) is -0.887. The van der Waals surface area contributed by atoms with Gasteiger partial charge in [0.2, 0.25) is 5.91 Å². The number of unbranched alkanes of at least 4 members (excludes halogenated alkanes) is 19. The molecule has 1 amide bonds. The van der Waals surface area contributed by atoms with Crippen molar-refractivity contribution in [3.05, 3.63) is 0 Å². The molecule has 43 heavy (non-hydrogen) atoms. The van der Waals surface area contributed by atoms with E-state index in [0.717, 1.165) is 38.5 Å². The van der Waals surface area contributed by atoms with Gasteiger partial charge in [0.15, 0.2) is 0 Å². The number of aliphatic hydroxyl groups is 2. The first-order valence-corrected chi connectivity index (χ1v) is 19.2. The van der Waals surface area contributed by atoms with Gasteiger partial charge in [0.05, 0.1) is 37.9 Å². The number of aliphatic hydroxyl groups excluding tert-OH is 2. The fourth-order valence-electron chi connectivity index (χ4n) is 5.30. The molecule has 10 heteroatoms. The molecule has 0 bridgehead atoms. The topological polar surface area (TPSA) is 151 Å². The summed E-state index contributed by atoms with van der Waals surface area (Å²) in [7, 11) is -4.36. The van der Waals surface area contributed by atoms with Crippen molar-refractivity contribution in [2.75, 3.05) is 19.8 Å². The lowest BCUT2D eigenvalue weighted by atomic mass is 10.0. The van der Waals surface area contributed by atoms with E-state index in [1.165, 1.54) is 96.3 Å². The van der Waals surface area contributed by atoms with Crippen LogP contribution in [0.5, 0.6) is 0 Å². The van der Waals surface area contributed by atoms with Gasteiger partial charge in [-0.3, -0.25) is 13.8 Å². The molecule has 9 nitrogen and oxygen atoms in total. The van der Waals surface area contributed by atoms with Crippen LogP contribution < -0.4 is 11.1 Å². The number of carbonyl (C=O) groups is 1. The molecule has 258 valence electrons. The summed E-state index contributed by atoms with van der Waals surface area (Å²) < 4.78 is 22.0. The lowest BCUT2D eigenvalue weighted by Crippen LogP contribution is -2.47. The summed E-state index contributed by atoms with van der Waals surface area (Å²) in [5.41, 5.74) is 5.33. The molecule has 0 aromatic carbocycles. The van der Waals surface area contributed by atoms with Crippen LogP contribution in [-0.2, 0) is 18.4 Å². The van der Waals surface area contributed by atoms with Crippen LogP contribution in [0.25, 0.3) is 0 Å². The maximum Gasteiger partial charge on any atom is 0.472 e. The number of phosphoric acid groups is 1. The monoisotopic (exact) mass is 636 g/mol. The molecule has 0 aliphatic heterocycles. The number of amides is 1. The summed E-state index contributed by atoms with van der Waals surface area (Å²) >= 11 is 0. The maximum absolute atomic E-state index is 12.7. The van der Waals surface area contributed by atoms with Crippen LogP contribution in [0.4, 0.5) is 0 Å². The van der Waals surface area contributed by atoms with Gasteiger partial charge in [0.25, 0.3) is 0 Å². The summed E-state index contributed by atoms with van der Waals surface area (Å²) in [6.07, 6.45) is 24.4. The Morgan fingerprint density at radius 1 is 0.698 bits per heavy atom. The molecule has 0 saturated heterocycles. The molecule has 6 N–H and O–H groups in total. The summed E-state index contributed by atoms with van der Waals surface area (Å²) in [5, 5.41) is 23.9. The van der Waals surface area contributed by atoms with Gasteiger partial charge in [-0.2, -0.15) is 0 Å². The van der Waals surface area contributed by atoms with E-state index in [0.29, 0.717) is 12.8 Å². The van der Waals surface area contributed by atoms with Gasteiger partial charge in [-0.25, -0.2) is 4.57 Å². The van der Waals surface area contributed by atoms with E-state index in [1.807, 2.05) is 0 Å². The van der Waals surface area contributed by atoms with E-state index in [9.17, 15) is 24.5 Å². The SMILES string of the molecule is CCCCCCCCCCCCCCCCC(O)C(COP(=O)(O)OCCN)NC(=O)CC(O)CCCCCCCCC. The third-order valence-corrected chi connectivity index (χ3v) is 9.00. The highest BCUT2D eigenvalue weighted by molar-refractivity contribution is 7.47. The van der Waals surface area contributed by atoms with Crippen molar-refractivity contribution in [3.63, 3.8) is 0 Å². The van der Waals surface area contributed by atoms with E-state index < -0.39 is 32.0 Å². The third kappa shape index (κ3) is 28.7. The smallest absolute Gasteiger partial charge is 0.393 e. The quantitative estimate of drug-likeness (QED) is 0.0363. The standard InChI is InChI=1S/C33H69N2O7P/c1-3-5-7-9-11-12-13-14-15-16-17-19-21-23-25-32(37)31(29-42-43(39,40)41-27-26-34)35-33(38)28-30(36)24-22-20-18-10-8-6-4-2/h30-32,36-37H,3-29,34H2,1-2H3,(H,35,38)(H,39,40). The Hall–Kier alpha value is -0.540. The highest BCUT2D eigenvalue weighted by atomic mass is 31.2. The number of nitrogens with one attached hydrogen (secondary N) is 1. The minimum atomic E-state index is -4.36. The molecular weight excluding hydrogens is 567 g/mol. The van der Waals surface area contributed by atoms with Gasteiger partial charge in [0, 0.05) is 6.54 Å². The van der Waals surface area contributed by atoms with E-state index in [1.54, 1.807) is 0 Å². The Balaban J connectivity index is 4.38. The van der Waals surface area contributed by atoms with E-state index in [4.69, 9.17) is 14.8 Å². The Morgan fingerprint density at radius 3 is 1.56 bits per heavy atom. The molecule has 0 aromatic rings. The van der Waals surface area contributed by atoms with Gasteiger partial charge >= 0.3 is 7.82 Å². The van der Waals surface area contributed by atoms with E-state index >= 15 is 0 Å². The molecule has 0 radical (unpaired) electrons. The lowest BCUT2D eigenvalue weighted by molar-refractivity contribution is -0.125. The zero-order valence-corrected chi connectivity index (χ0v) is 28.7. The van der Waals surface area contributed by atoms with Gasteiger partial charge in [-0.05, 0) is 12.8 Å². The van der Waals surface area contributed by atoms with Crippen molar-refractivity contribution in [3.8, 4) is 0 Å². The summed E-state index contributed by atoms with van der Waals surface area (Å²) in [6.45, 7) is 3.98. The number of nitrogens with two attached hydrogens (primary N) is 1. The summed E-state index contributed by atoms with van der Waals surface area (Å²) in [4.78, 5) is 22.5. The predicted molar refractivity (Wildman–Crippen MR) is 177 cm³/mol. The molecule has 0 fully saturated rings. The van der Waals surface area contributed by atoms with Crippen LogP contribution in [0, 0.1) is 0 Å². The molecule has 0 rings (SSSR count). The van der Waals surface area contributed by atoms with Gasteiger partial charge in [0.1, 0.15) is 0 Å². The molecule has 0 aliphatic rings. The van der Waals surface area contributed by atoms with Crippen molar-refractivity contribution in [1.29, 1.82) is 0 Å². The maximum atomic E-state index is 12.7. The highest BCUT2D eigenvalue weighted by Gasteiger charge is 2.28. The Bertz CT molecular complexity index is 671. The zero-order valence-electron chi connectivity index (χ0n) is 27.8. The second kappa shape index (κ2) is 30.1. The number of carbonyl (C=O) groups excluding carboxylic acids is 1. The molecule has 0 spiro atoms. The number of rotatable bonds is 33. The second-order valence-electron chi connectivity index (χ2n) is 12.3. The van der Waals surface area contributed by atoms with E-state index in [-0.39, 0.29) is 26.2 Å². The van der Waals surface area contributed by atoms with Crippen molar-refractivity contribution in [2.24, 2.45) is 5.73 Å². The minimum absolute atomic E-state index is 0.0620. The van der Waals surface area contributed by atoms with Crippen LogP contribution in [0.1, 0.15) is 168 Å². The highest BCUT2D eigenvalue weighted by Crippen LogP contribution is 2.43. The Morgan fingerprint density at radius 2 is 1.12 bits per heavy atom.